The molecule has 3 amide bonds. The molecule has 5 nitrogen and oxygen atoms in total. The molecule has 0 bridgehead atoms. The molecule has 3 fully saturated rings. The highest BCUT2D eigenvalue weighted by Crippen LogP contribution is 2.27. The van der Waals surface area contributed by atoms with Crippen LogP contribution in [0.25, 0.3) is 0 Å². The summed E-state index contributed by atoms with van der Waals surface area (Å²) in [6, 6.07) is 0.642. The Labute approximate surface area is 151 Å². The second kappa shape index (κ2) is 8.72. The van der Waals surface area contributed by atoms with E-state index in [0.29, 0.717) is 6.04 Å². The normalized spacial score (nSPS) is 22.8. The van der Waals surface area contributed by atoms with Crippen molar-refractivity contribution in [3.05, 3.63) is 11.1 Å². The number of carbonyl (C=O) groups excluding carboxylic acids is 2. The van der Waals surface area contributed by atoms with Gasteiger partial charge in [0.05, 0.1) is 0 Å². The smallest absolute Gasteiger partial charge is 0.317 e. The zero-order valence-corrected chi connectivity index (χ0v) is 15.6. The van der Waals surface area contributed by atoms with Gasteiger partial charge in [-0.1, -0.05) is 24.8 Å². The van der Waals surface area contributed by atoms with Crippen molar-refractivity contribution in [2.45, 2.75) is 89.6 Å². The van der Waals surface area contributed by atoms with Crippen LogP contribution in [0.15, 0.2) is 11.1 Å². The van der Waals surface area contributed by atoms with Crippen LogP contribution in [0.2, 0.25) is 0 Å². The van der Waals surface area contributed by atoms with Crippen LogP contribution in [-0.2, 0) is 4.79 Å². The minimum absolute atomic E-state index is 0.0842. The Morgan fingerprint density at radius 1 is 0.840 bits per heavy atom. The first-order chi connectivity index (χ1) is 12.1. The molecule has 0 radical (unpaired) electrons. The van der Waals surface area contributed by atoms with Gasteiger partial charge in [-0.2, -0.15) is 0 Å². The predicted octanol–water partition coefficient (Wildman–Crippen LogP) is 3.50. The maximum Gasteiger partial charge on any atom is 0.317 e. The van der Waals surface area contributed by atoms with E-state index in [1.165, 1.54) is 37.7 Å². The fraction of sp³-hybridized carbons (Fsp3) is 0.800. The molecule has 0 aromatic carbocycles. The largest absolute Gasteiger partial charge is 0.349 e. The lowest BCUT2D eigenvalue weighted by atomic mass is 9.95. The maximum atomic E-state index is 12.4. The van der Waals surface area contributed by atoms with E-state index in [4.69, 9.17) is 0 Å². The number of hydrogen-bond acceptors (Lipinski definition) is 2. The molecule has 0 aromatic rings. The van der Waals surface area contributed by atoms with Crippen LogP contribution in [0.3, 0.4) is 0 Å². The van der Waals surface area contributed by atoms with Crippen LogP contribution in [-0.4, -0.2) is 42.0 Å². The zero-order chi connectivity index (χ0) is 17.6. The Morgan fingerprint density at radius 3 is 2.08 bits per heavy atom. The summed E-state index contributed by atoms with van der Waals surface area (Å²) in [6.45, 7) is 3.43. The standard InChI is InChI=1S/C20H33N3O2/c1-15(16-7-5-6-8-16)19(24)21-18-11-13-23(14-12-18)20(25)22-17-9-3-2-4-10-17/h17-18H,2-14H2,1H3,(H,21,24)(H,22,25). The van der Waals surface area contributed by atoms with Crippen molar-refractivity contribution >= 4 is 11.9 Å². The number of amides is 3. The van der Waals surface area contributed by atoms with Gasteiger partial charge >= 0.3 is 6.03 Å². The van der Waals surface area contributed by atoms with Crippen molar-refractivity contribution in [3.63, 3.8) is 0 Å². The minimum atomic E-state index is 0.0842. The van der Waals surface area contributed by atoms with Gasteiger partial charge in [0.25, 0.3) is 0 Å². The summed E-state index contributed by atoms with van der Waals surface area (Å²) < 4.78 is 0. The molecule has 1 heterocycles. The number of hydrogen-bond donors (Lipinski definition) is 2. The first-order valence-electron chi connectivity index (χ1n) is 10.2. The van der Waals surface area contributed by atoms with E-state index in [9.17, 15) is 9.59 Å². The summed E-state index contributed by atoms with van der Waals surface area (Å²) in [6.07, 6.45) is 12.3. The zero-order valence-electron chi connectivity index (χ0n) is 15.6. The number of piperidine rings is 1. The fourth-order valence-electron chi connectivity index (χ4n) is 4.37. The molecular formula is C20H33N3O2. The van der Waals surface area contributed by atoms with E-state index >= 15 is 0 Å². The third kappa shape index (κ3) is 4.99. The van der Waals surface area contributed by atoms with Gasteiger partial charge in [-0.3, -0.25) is 4.79 Å². The highest BCUT2D eigenvalue weighted by Gasteiger charge is 2.26. The monoisotopic (exact) mass is 347 g/mol. The maximum absolute atomic E-state index is 12.4. The Bertz CT molecular complexity index is 507. The molecule has 2 saturated carbocycles. The summed E-state index contributed by atoms with van der Waals surface area (Å²) in [4.78, 5) is 26.7. The first kappa shape index (κ1) is 18.3. The number of urea groups is 1. The number of carbonyl (C=O) groups is 2. The van der Waals surface area contributed by atoms with Gasteiger partial charge in [0, 0.05) is 30.7 Å². The second-order valence-electron chi connectivity index (χ2n) is 7.95. The molecule has 0 unspecified atom stereocenters. The van der Waals surface area contributed by atoms with Crippen molar-refractivity contribution in [3.8, 4) is 0 Å². The van der Waals surface area contributed by atoms with E-state index in [2.05, 4.69) is 10.6 Å². The Hall–Kier alpha value is -1.52. The quantitative estimate of drug-likeness (QED) is 0.768. The van der Waals surface area contributed by atoms with Crippen LogP contribution in [0.1, 0.15) is 77.6 Å². The molecule has 1 aliphatic heterocycles. The van der Waals surface area contributed by atoms with Crippen molar-refractivity contribution < 1.29 is 9.59 Å². The van der Waals surface area contributed by atoms with Crippen LogP contribution < -0.4 is 10.6 Å². The fourth-order valence-corrected chi connectivity index (χ4v) is 4.37. The molecule has 0 aromatic heterocycles. The van der Waals surface area contributed by atoms with Gasteiger partial charge in [0.2, 0.25) is 5.91 Å². The molecule has 140 valence electrons. The lowest BCUT2D eigenvalue weighted by Crippen LogP contribution is -2.51. The van der Waals surface area contributed by atoms with E-state index in [0.717, 1.165) is 57.2 Å². The molecular weight excluding hydrogens is 314 g/mol. The van der Waals surface area contributed by atoms with E-state index in [1.807, 2.05) is 11.8 Å². The molecule has 2 N–H and O–H groups in total. The van der Waals surface area contributed by atoms with Gasteiger partial charge in [-0.25, -0.2) is 4.79 Å². The summed E-state index contributed by atoms with van der Waals surface area (Å²) in [5, 5.41) is 6.37. The average molecular weight is 348 g/mol. The number of rotatable bonds is 3. The Balaban J connectivity index is 1.41. The van der Waals surface area contributed by atoms with Gasteiger partial charge in [0.15, 0.2) is 0 Å². The lowest BCUT2D eigenvalue weighted by molar-refractivity contribution is -0.118. The summed E-state index contributed by atoms with van der Waals surface area (Å²) in [7, 11) is 0. The van der Waals surface area contributed by atoms with Gasteiger partial charge in [-0.05, 0) is 58.3 Å². The average Bonchev–Trinajstić information content (AvgIpc) is 3.17. The van der Waals surface area contributed by atoms with Crippen LogP contribution >= 0.6 is 0 Å². The van der Waals surface area contributed by atoms with Crippen molar-refractivity contribution in [2.24, 2.45) is 0 Å². The highest BCUT2D eigenvalue weighted by molar-refractivity contribution is 5.93. The molecule has 3 rings (SSSR count). The topological polar surface area (TPSA) is 61.4 Å². The van der Waals surface area contributed by atoms with Gasteiger partial charge in [0.1, 0.15) is 0 Å². The molecule has 1 saturated heterocycles. The molecule has 2 aliphatic carbocycles. The number of nitrogens with one attached hydrogen (secondary N) is 2. The van der Waals surface area contributed by atoms with Crippen molar-refractivity contribution in [1.29, 1.82) is 0 Å². The van der Waals surface area contributed by atoms with Crippen LogP contribution in [0, 0.1) is 0 Å². The highest BCUT2D eigenvalue weighted by atomic mass is 16.2. The predicted molar refractivity (Wildman–Crippen MR) is 99.3 cm³/mol. The molecule has 0 atom stereocenters. The van der Waals surface area contributed by atoms with Gasteiger partial charge in [-0.15, -0.1) is 0 Å². The summed E-state index contributed by atoms with van der Waals surface area (Å²) in [5.41, 5.74) is 2.26. The number of likely N-dealkylation sites (tertiary alicyclic amines) is 1. The summed E-state index contributed by atoms with van der Waals surface area (Å²) >= 11 is 0. The molecule has 3 aliphatic rings. The van der Waals surface area contributed by atoms with Crippen molar-refractivity contribution in [1.82, 2.24) is 15.5 Å². The Morgan fingerprint density at radius 2 is 1.44 bits per heavy atom. The van der Waals surface area contributed by atoms with E-state index in [-0.39, 0.29) is 18.0 Å². The third-order valence-corrected chi connectivity index (χ3v) is 6.13. The van der Waals surface area contributed by atoms with Crippen LogP contribution in [0.4, 0.5) is 4.79 Å². The number of nitrogens with zero attached hydrogens (tertiary/aromatic N) is 1. The molecule has 25 heavy (non-hydrogen) atoms. The SMILES string of the molecule is CC(C(=O)NC1CCN(C(=O)NC2CCCCC2)CC1)=C1CCCC1. The van der Waals surface area contributed by atoms with E-state index in [1.54, 1.807) is 0 Å². The third-order valence-electron chi connectivity index (χ3n) is 6.13. The molecule has 5 heteroatoms. The second-order valence-corrected chi connectivity index (χ2v) is 7.95. The Kier molecular flexibility index (Phi) is 6.38. The van der Waals surface area contributed by atoms with Gasteiger partial charge < -0.3 is 15.5 Å². The first-order valence-corrected chi connectivity index (χ1v) is 10.2. The van der Waals surface area contributed by atoms with E-state index < -0.39 is 0 Å². The van der Waals surface area contributed by atoms with Crippen molar-refractivity contribution in [2.75, 3.05) is 13.1 Å². The lowest BCUT2D eigenvalue weighted by Gasteiger charge is -2.34. The summed E-state index contributed by atoms with van der Waals surface area (Å²) in [5.74, 6) is 0.0991. The number of allylic oxidation sites excluding steroid dienone is 1. The minimum Gasteiger partial charge on any atom is -0.349 e. The van der Waals surface area contributed by atoms with Crippen LogP contribution in [0.5, 0.6) is 0 Å². The molecule has 0 spiro atoms.